The molecule has 134 valence electrons. The summed E-state index contributed by atoms with van der Waals surface area (Å²) >= 11 is 3.52. The van der Waals surface area contributed by atoms with Crippen LogP contribution >= 0.6 is 23.1 Å². The van der Waals surface area contributed by atoms with Crippen molar-refractivity contribution in [2.45, 2.75) is 37.0 Å². The molecule has 0 atom stereocenters. The minimum Gasteiger partial charge on any atom is -0.345 e. The van der Waals surface area contributed by atoms with E-state index in [-0.39, 0.29) is 5.92 Å². The lowest BCUT2D eigenvalue weighted by atomic mass is 9.88. The van der Waals surface area contributed by atoms with Gasteiger partial charge in [-0.1, -0.05) is 36.7 Å². The number of benzene rings is 1. The zero-order valence-electron chi connectivity index (χ0n) is 14.7. The number of rotatable bonds is 3. The summed E-state index contributed by atoms with van der Waals surface area (Å²) in [6.45, 7) is 3.46. The molecule has 1 aliphatic heterocycles. The van der Waals surface area contributed by atoms with Crippen LogP contribution in [0.1, 0.15) is 32.1 Å². The Kier molecular flexibility index (Phi) is 5.17. The van der Waals surface area contributed by atoms with Crippen LogP contribution in [-0.2, 0) is 4.79 Å². The predicted molar refractivity (Wildman–Crippen MR) is 107 cm³/mol. The molecule has 4 nitrogen and oxygen atoms in total. The van der Waals surface area contributed by atoms with E-state index in [1.165, 1.54) is 28.9 Å². The van der Waals surface area contributed by atoms with Crippen molar-refractivity contribution in [3.63, 3.8) is 0 Å². The number of piperazine rings is 1. The molecule has 1 saturated carbocycles. The highest BCUT2D eigenvalue weighted by Gasteiger charge is 2.29. The van der Waals surface area contributed by atoms with E-state index in [0.717, 1.165) is 49.7 Å². The molecular formula is C19H25N3OS2. The Hall–Kier alpha value is -1.27. The fourth-order valence-electron chi connectivity index (χ4n) is 3.94. The Bertz CT molecular complexity index is 746. The van der Waals surface area contributed by atoms with Gasteiger partial charge in [-0.25, -0.2) is 4.98 Å². The summed E-state index contributed by atoms with van der Waals surface area (Å²) in [7, 11) is 0. The van der Waals surface area contributed by atoms with Crippen LogP contribution in [0.2, 0.25) is 0 Å². The van der Waals surface area contributed by atoms with E-state index < -0.39 is 0 Å². The van der Waals surface area contributed by atoms with Crippen LogP contribution in [0.25, 0.3) is 10.2 Å². The lowest BCUT2D eigenvalue weighted by molar-refractivity contribution is -0.136. The number of para-hydroxylation sites is 1. The number of thioether (sulfide) groups is 1. The molecule has 1 saturated heterocycles. The first-order valence-electron chi connectivity index (χ1n) is 9.23. The SMILES string of the molecule is CSc1cccc2sc(N3CCN(C(=O)C4CCCCC4)CC3)nc12. The second-order valence-electron chi connectivity index (χ2n) is 6.95. The van der Waals surface area contributed by atoms with Crippen LogP contribution in [-0.4, -0.2) is 48.2 Å². The van der Waals surface area contributed by atoms with Gasteiger partial charge in [0, 0.05) is 37.0 Å². The Morgan fingerprint density at radius 1 is 1.16 bits per heavy atom. The van der Waals surface area contributed by atoms with Gasteiger partial charge in [0.2, 0.25) is 5.91 Å². The Morgan fingerprint density at radius 3 is 2.64 bits per heavy atom. The molecule has 6 heteroatoms. The van der Waals surface area contributed by atoms with Gasteiger partial charge >= 0.3 is 0 Å². The van der Waals surface area contributed by atoms with E-state index in [4.69, 9.17) is 4.98 Å². The summed E-state index contributed by atoms with van der Waals surface area (Å²) in [6.07, 6.45) is 8.03. The average Bonchev–Trinajstić information content (AvgIpc) is 3.12. The van der Waals surface area contributed by atoms with Crippen molar-refractivity contribution in [3.05, 3.63) is 18.2 Å². The number of anilines is 1. The van der Waals surface area contributed by atoms with Gasteiger partial charge in [-0.15, -0.1) is 11.8 Å². The van der Waals surface area contributed by atoms with E-state index in [1.54, 1.807) is 23.1 Å². The summed E-state index contributed by atoms with van der Waals surface area (Å²) < 4.78 is 1.25. The fraction of sp³-hybridized carbons (Fsp3) is 0.579. The second-order valence-corrected chi connectivity index (χ2v) is 8.81. The van der Waals surface area contributed by atoms with E-state index >= 15 is 0 Å². The van der Waals surface area contributed by atoms with Crippen LogP contribution in [0.4, 0.5) is 5.13 Å². The minimum atomic E-state index is 0.284. The van der Waals surface area contributed by atoms with Gasteiger partial charge < -0.3 is 9.80 Å². The summed E-state index contributed by atoms with van der Waals surface area (Å²) in [5, 5.41) is 1.10. The number of carbonyl (C=O) groups excluding carboxylic acids is 1. The topological polar surface area (TPSA) is 36.4 Å². The van der Waals surface area contributed by atoms with Gasteiger partial charge in [0.05, 0.1) is 10.2 Å². The second kappa shape index (κ2) is 7.54. The molecule has 25 heavy (non-hydrogen) atoms. The molecule has 1 aromatic carbocycles. The number of amides is 1. The third-order valence-corrected chi connectivity index (χ3v) is 7.26. The van der Waals surface area contributed by atoms with Crippen LogP contribution < -0.4 is 4.90 Å². The van der Waals surface area contributed by atoms with Crippen molar-refractivity contribution in [2.24, 2.45) is 5.92 Å². The highest BCUT2D eigenvalue weighted by atomic mass is 32.2. The van der Waals surface area contributed by atoms with Gasteiger partial charge in [0.25, 0.3) is 0 Å². The van der Waals surface area contributed by atoms with Crippen molar-refractivity contribution in [2.75, 3.05) is 37.3 Å². The van der Waals surface area contributed by atoms with Crippen molar-refractivity contribution in [1.82, 2.24) is 9.88 Å². The van der Waals surface area contributed by atoms with Crippen LogP contribution in [0.3, 0.4) is 0 Å². The third kappa shape index (κ3) is 3.51. The molecule has 2 heterocycles. The van der Waals surface area contributed by atoms with Crippen LogP contribution in [0.5, 0.6) is 0 Å². The summed E-state index contributed by atoms with van der Waals surface area (Å²) in [4.78, 5) is 23.3. The predicted octanol–water partition coefficient (Wildman–Crippen LogP) is 4.25. The quantitative estimate of drug-likeness (QED) is 0.752. The zero-order valence-corrected chi connectivity index (χ0v) is 16.4. The first kappa shape index (κ1) is 17.2. The molecule has 4 rings (SSSR count). The zero-order chi connectivity index (χ0) is 17.2. The Morgan fingerprint density at radius 2 is 1.92 bits per heavy atom. The smallest absolute Gasteiger partial charge is 0.225 e. The van der Waals surface area contributed by atoms with Crippen molar-refractivity contribution in [1.29, 1.82) is 0 Å². The maximum atomic E-state index is 12.7. The molecule has 2 aliphatic rings. The lowest BCUT2D eigenvalue weighted by Crippen LogP contribution is -2.50. The average molecular weight is 376 g/mol. The molecule has 0 N–H and O–H groups in total. The number of hydrogen-bond acceptors (Lipinski definition) is 5. The van der Waals surface area contributed by atoms with Crippen LogP contribution in [0, 0.1) is 5.92 Å². The number of carbonyl (C=O) groups is 1. The van der Waals surface area contributed by atoms with Gasteiger partial charge in [-0.2, -0.15) is 0 Å². The normalized spacial score (nSPS) is 19.6. The van der Waals surface area contributed by atoms with Gasteiger partial charge in [-0.05, 0) is 31.2 Å². The number of nitrogens with zero attached hydrogens (tertiary/aromatic N) is 3. The van der Waals surface area contributed by atoms with Gasteiger partial charge in [0.1, 0.15) is 0 Å². The first-order valence-corrected chi connectivity index (χ1v) is 11.3. The molecule has 1 aromatic heterocycles. The van der Waals surface area contributed by atoms with Gasteiger partial charge in [-0.3, -0.25) is 4.79 Å². The minimum absolute atomic E-state index is 0.284. The lowest BCUT2D eigenvalue weighted by Gasteiger charge is -2.37. The highest BCUT2D eigenvalue weighted by molar-refractivity contribution is 7.98. The number of hydrogen-bond donors (Lipinski definition) is 0. The number of aromatic nitrogens is 1. The standard InChI is InChI=1S/C19H25N3OS2/c1-24-15-8-5-9-16-17(15)20-19(25-16)22-12-10-21(11-13-22)18(23)14-6-3-2-4-7-14/h5,8-9,14H,2-4,6-7,10-13H2,1H3. The van der Waals surface area contributed by atoms with Crippen molar-refractivity contribution < 1.29 is 4.79 Å². The molecule has 0 bridgehead atoms. The molecular weight excluding hydrogens is 350 g/mol. The maximum Gasteiger partial charge on any atom is 0.225 e. The maximum absolute atomic E-state index is 12.7. The molecule has 1 amide bonds. The Balaban J connectivity index is 1.42. The number of thiazole rings is 1. The molecule has 0 spiro atoms. The van der Waals surface area contributed by atoms with Gasteiger partial charge in [0.15, 0.2) is 5.13 Å². The summed E-state index contributed by atoms with van der Waals surface area (Å²) in [6, 6.07) is 6.40. The van der Waals surface area contributed by atoms with E-state index in [2.05, 4.69) is 34.3 Å². The largest absolute Gasteiger partial charge is 0.345 e. The molecule has 0 unspecified atom stereocenters. The Labute approximate surface area is 157 Å². The molecule has 1 aliphatic carbocycles. The molecule has 2 aromatic rings. The molecule has 0 radical (unpaired) electrons. The monoisotopic (exact) mass is 375 g/mol. The molecule has 2 fully saturated rings. The number of fused-ring (bicyclic) bond motifs is 1. The highest BCUT2D eigenvalue weighted by Crippen LogP contribution is 2.34. The fourth-order valence-corrected chi connectivity index (χ4v) is 5.61. The van der Waals surface area contributed by atoms with Crippen LogP contribution in [0.15, 0.2) is 23.1 Å². The first-order chi connectivity index (χ1) is 12.3. The van der Waals surface area contributed by atoms with Crippen molar-refractivity contribution >= 4 is 44.4 Å². The van der Waals surface area contributed by atoms with E-state index in [1.807, 2.05) is 0 Å². The third-order valence-electron chi connectivity index (χ3n) is 5.41. The van der Waals surface area contributed by atoms with E-state index in [9.17, 15) is 4.79 Å². The van der Waals surface area contributed by atoms with Crippen molar-refractivity contribution in [3.8, 4) is 0 Å². The van der Waals surface area contributed by atoms with E-state index in [0.29, 0.717) is 5.91 Å². The summed E-state index contributed by atoms with van der Waals surface area (Å²) in [5.74, 6) is 0.681. The summed E-state index contributed by atoms with van der Waals surface area (Å²) in [5.41, 5.74) is 1.12.